The van der Waals surface area contributed by atoms with Gasteiger partial charge in [0.1, 0.15) is 0 Å². The van der Waals surface area contributed by atoms with E-state index >= 15 is 0 Å². The van der Waals surface area contributed by atoms with Crippen molar-refractivity contribution in [3.05, 3.63) is 59.7 Å². The average molecular weight is 325 g/mol. The van der Waals surface area contributed by atoms with E-state index in [9.17, 15) is 9.59 Å². The molecule has 0 aromatic heterocycles. The Kier molecular flexibility index (Phi) is 5.95. The molecule has 2 aromatic rings. The fraction of sp³-hybridized carbons (Fsp3) is 0.263. The van der Waals surface area contributed by atoms with Gasteiger partial charge in [-0.2, -0.15) is 0 Å². The second-order valence-corrected chi connectivity index (χ2v) is 5.96. The van der Waals surface area contributed by atoms with Gasteiger partial charge in [-0.15, -0.1) is 0 Å². The molecule has 2 rings (SSSR count). The molecule has 0 atom stereocenters. The van der Waals surface area contributed by atoms with Crippen LogP contribution >= 0.6 is 0 Å². The van der Waals surface area contributed by atoms with Crippen LogP contribution in [-0.2, 0) is 11.2 Å². The molecule has 0 unspecified atom stereocenters. The number of amides is 2. The van der Waals surface area contributed by atoms with Crippen molar-refractivity contribution in [2.75, 3.05) is 11.1 Å². The number of carbonyl (C=O) groups excluding carboxylic acids is 2. The zero-order valence-corrected chi connectivity index (χ0v) is 14.0. The number of nitrogen functional groups attached to an aromatic ring is 1. The van der Waals surface area contributed by atoms with Crippen molar-refractivity contribution in [1.29, 1.82) is 0 Å². The first kappa shape index (κ1) is 17.5. The van der Waals surface area contributed by atoms with Crippen molar-refractivity contribution in [1.82, 2.24) is 5.32 Å². The van der Waals surface area contributed by atoms with Gasteiger partial charge >= 0.3 is 0 Å². The van der Waals surface area contributed by atoms with Crippen LogP contribution in [0, 0.1) is 0 Å². The van der Waals surface area contributed by atoms with Gasteiger partial charge in [-0.3, -0.25) is 9.59 Å². The van der Waals surface area contributed by atoms with Crippen LogP contribution < -0.4 is 16.4 Å². The van der Waals surface area contributed by atoms with E-state index in [0.717, 1.165) is 5.56 Å². The molecule has 0 bridgehead atoms. The molecule has 0 aliphatic heterocycles. The van der Waals surface area contributed by atoms with Gasteiger partial charge in [0.05, 0.1) is 11.3 Å². The van der Waals surface area contributed by atoms with E-state index in [0.29, 0.717) is 29.8 Å². The largest absolute Gasteiger partial charge is 0.399 e. The van der Waals surface area contributed by atoms with Gasteiger partial charge in [-0.1, -0.05) is 24.3 Å². The Balaban J connectivity index is 1.98. The molecule has 0 spiro atoms. The third-order valence-corrected chi connectivity index (χ3v) is 3.49. The molecule has 126 valence electrons. The van der Waals surface area contributed by atoms with Crippen LogP contribution in [0.3, 0.4) is 0 Å². The Bertz CT molecular complexity index is 709. The van der Waals surface area contributed by atoms with E-state index in [1.54, 1.807) is 24.3 Å². The molecule has 5 nitrogen and oxygen atoms in total. The number of hydrogen-bond donors (Lipinski definition) is 3. The highest BCUT2D eigenvalue weighted by atomic mass is 16.2. The smallest absolute Gasteiger partial charge is 0.253 e. The fourth-order valence-corrected chi connectivity index (χ4v) is 2.28. The molecule has 0 saturated carbocycles. The highest BCUT2D eigenvalue weighted by Gasteiger charge is 2.13. The molecule has 0 radical (unpaired) electrons. The monoisotopic (exact) mass is 325 g/mol. The van der Waals surface area contributed by atoms with E-state index < -0.39 is 0 Å². The number of rotatable bonds is 6. The lowest BCUT2D eigenvalue weighted by Crippen LogP contribution is -2.31. The van der Waals surface area contributed by atoms with Crippen LogP contribution in [-0.4, -0.2) is 17.9 Å². The highest BCUT2D eigenvalue weighted by molar-refractivity contribution is 6.03. The molecule has 0 saturated heterocycles. The Labute approximate surface area is 142 Å². The number of carbonyl (C=O) groups is 2. The Morgan fingerprint density at radius 1 is 1.04 bits per heavy atom. The summed E-state index contributed by atoms with van der Waals surface area (Å²) in [4.78, 5) is 24.4. The zero-order valence-electron chi connectivity index (χ0n) is 14.0. The topological polar surface area (TPSA) is 84.2 Å². The second-order valence-electron chi connectivity index (χ2n) is 5.96. The maximum Gasteiger partial charge on any atom is 0.253 e. The standard InChI is InChI=1S/C19H23N3O2/c1-13(2)21-19(24)16-5-3-4-6-17(16)22-18(23)12-9-14-7-10-15(20)11-8-14/h3-8,10-11,13H,9,12,20H2,1-2H3,(H,21,24)(H,22,23). The van der Waals surface area contributed by atoms with Gasteiger partial charge in [0.2, 0.25) is 5.91 Å². The maximum atomic E-state index is 12.2. The predicted molar refractivity (Wildman–Crippen MR) is 96.8 cm³/mol. The van der Waals surface area contributed by atoms with Crippen molar-refractivity contribution >= 4 is 23.2 Å². The zero-order chi connectivity index (χ0) is 17.5. The number of aryl methyl sites for hydroxylation is 1. The molecular weight excluding hydrogens is 302 g/mol. The van der Waals surface area contributed by atoms with Crippen LogP contribution in [0.5, 0.6) is 0 Å². The van der Waals surface area contributed by atoms with Gasteiger partial charge in [-0.05, 0) is 50.1 Å². The molecule has 24 heavy (non-hydrogen) atoms. The molecule has 5 heteroatoms. The number of benzene rings is 2. The van der Waals surface area contributed by atoms with Crippen molar-refractivity contribution < 1.29 is 9.59 Å². The summed E-state index contributed by atoms with van der Waals surface area (Å²) in [7, 11) is 0. The normalized spacial score (nSPS) is 10.5. The van der Waals surface area contributed by atoms with Crippen molar-refractivity contribution in [2.24, 2.45) is 0 Å². The molecule has 4 N–H and O–H groups in total. The van der Waals surface area contributed by atoms with Crippen molar-refractivity contribution in [2.45, 2.75) is 32.7 Å². The average Bonchev–Trinajstić information content (AvgIpc) is 2.54. The highest BCUT2D eigenvalue weighted by Crippen LogP contribution is 2.16. The minimum Gasteiger partial charge on any atom is -0.399 e. The molecule has 2 amide bonds. The number of nitrogens with one attached hydrogen (secondary N) is 2. The Morgan fingerprint density at radius 2 is 1.71 bits per heavy atom. The van der Waals surface area contributed by atoms with Crippen molar-refractivity contribution in [3.63, 3.8) is 0 Å². The van der Waals surface area contributed by atoms with Crippen molar-refractivity contribution in [3.8, 4) is 0 Å². The van der Waals surface area contributed by atoms with E-state index in [1.807, 2.05) is 38.1 Å². The van der Waals surface area contributed by atoms with Gasteiger partial charge in [0.25, 0.3) is 5.91 Å². The summed E-state index contributed by atoms with van der Waals surface area (Å²) in [6.07, 6.45) is 0.955. The Hall–Kier alpha value is -2.82. The van der Waals surface area contributed by atoms with Crippen LogP contribution in [0.4, 0.5) is 11.4 Å². The maximum absolute atomic E-state index is 12.2. The first-order valence-corrected chi connectivity index (χ1v) is 8.00. The van der Waals surface area contributed by atoms with Crippen LogP contribution in [0.1, 0.15) is 36.2 Å². The van der Waals surface area contributed by atoms with E-state index in [4.69, 9.17) is 5.73 Å². The molecule has 0 fully saturated rings. The lowest BCUT2D eigenvalue weighted by atomic mass is 10.1. The summed E-state index contributed by atoms with van der Waals surface area (Å²) >= 11 is 0. The van der Waals surface area contributed by atoms with E-state index in [2.05, 4.69) is 10.6 Å². The summed E-state index contributed by atoms with van der Waals surface area (Å²) in [5, 5.41) is 5.66. The first-order chi connectivity index (χ1) is 11.5. The Morgan fingerprint density at radius 3 is 2.38 bits per heavy atom. The van der Waals surface area contributed by atoms with Gasteiger partial charge < -0.3 is 16.4 Å². The predicted octanol–water partition coefficient (Wildman–Crippen LogP) is 2.98. The number of hydrogen-bond acceptors (Lipinski definition) is 3. The quantitative estimate of drug-likeness (QED) is 0.714. The van der Waals surface area contributed by atoms with E-state index in [-0.39, 0.29) is 17.9 Å². The molecular formula is C19H23N3O2. The van der Waals surface area contributed by atoms with Gasteiger partial charge in [0.15, 0.2) is 0 Å². The van der Waals surface area contributed by atoms with Crippen LogP contribution in [0.2, 0.25) is 0 Å². The summed E-state index contributed by atoms with van der Waals surface area (Å²) < 4.78 is 0. The summed E-state index contributed by atoms with van der Waals surface area (Å²) in [5.74, 6) is -0.323. The number of nitrogens with two attached hydrogens (primary N) is 1. The molecule has 0 aliphatic carbocycles. The number of anilines is 2. The van der Waals surface area contributed by atoms with Crippen LogP contribution in [0.25, 0.3) is 0 Å². The minimum atomic E-state index is -0.195. The summed E-state index contributed by atoms with van der Waals surface area (Å²) in [6, 6.07) is 14.5. The van der Waals surface area contributed by atoms with E-state index in [1.165, 1.54) is 0 Å². The number of para-hydroxylation sites is 1. The molecule has 2 aromatic carbocycles. The third kappa shape index (κ3) is 5.12. The first-order valence-electron chi connectivity index (χ1n) is 8.00. The summed E-state index contributed by atoms with van der Waals surface area (Å²) in [5.41, 5.74) is 8.39. The fourth-order valence-electron chi connectivity index (χ4n) is 2.28. The van der Waals surface area contributed by atoms with Crippen LogP contribution in [0.15, 0.2) is 48.5 Å². The SMILES string of the molecule is CC(C)NC(=O)c1ccccc1NC(=O)CCc1ccc(N)cc1. The molecule has 0 heterocycles. The minimum absolute atomic E-state index is 0.0341. The lowest BCUT2D eigenvalue weighted by Gasteiger charge is -2.13. The third-order valence-electron chi connectivity index (χ3n) is 3.49. The second kappa shape index (κ2) is 8.15. The van der Waals surface area contributed by atoms with Gasteiger partial charge in [0, 0.05) is 18.2 Å². The van der Waals surface area contributed by atoms with Gasteiger partial charge in [-0.25, -0.2) is 0 Å². The summed E-state index contributed by atoms with van der Waals surface area (Å²) in [6.45, 7) is 3.79. The molecule has 0 aliphatic rings. The lowest BCUT2D eigenvalue weighted by molar-refractivity contribution is -0.116.